The lowest BCUT2D eigenvalue weighted by Gasteiger charge is -2.23. The molecule has 7 nitrogen and oxygen atoms in total. The van der Waals surface area contributed by atoms with Gasteiger partial charge in [0.05, 0.1) is 0 Å². The molecule has 0 aromatic carbocycles. The van der Waals surface area contributed by atoms with E-state index in [0.717, 1.165) is 25.5 Å². The molecule has 1 aliphatic heterocycles. The van der Waals surface area contributed by atoms with Crippen LogP contribution in [-0.2, 0) is 10.0 Å². The Kier molecular flexibility index (Phi) is 5.59. The van der Waals surface area contributed by atoms with Crippen molar-refractivity contribution >= 4 is 16.0 Å². The lowest BCUT2D eigenvalue weighted by molar-refractivity contribution is 0.370. The molecule has 0 radical (unpaired) electrons. The van der Waals surface area contributed by atoms with E-state index < -0.39 is 10.0 Å². The van der Waals surface area contributed by atoms with Crippen LogP contribution in [0, 0.1) is 5.41 Å². The minimum Gasteiger partial charge on any atom is -0.355 e. The molecular weight excluding hydrogens is 314 g/mol. The number of nitrogens with one attached hydrogen (secondary N) is 2. The van der Waals surface area contributed by atoms with Crippen LogP contribution in [0.5, 0.6) is 0 Å². The topological polar surface area (TPSA) is 86.7 Å². The standard InChI is InChI=1S/C15H25N5O2S/c1-15(2)6-10-20(12-15)14(16-3)18-8-9-19-23(21,22)13-5-4-7-17-11-13/h4-5,7,11,19H,6,8-10,12H2,1-3H3,(H,16,18). The van der Waals surface area contributed by atoms with Crippen molar-refractivity contribution in [1.82, 2.24) is 19.9 Å². The fourth-order valence-corrected chi connectivity index (χ4v) is 3.57. The smallest absolute Gasteiger partial charge is 0.242 e. The first-order valence-corrected chi connectivity index (χ1v) is 9.18. The molecule has 0 aliphatic carbocycles. The summed E-state index contributed by atoms with van der Waals surface area (Å²) in [7, 11) is -1.77. The van der Waals surface area contributed by atoms with Crippen molar-refractivity contribution in [1.29, 1.82) is 0 Å². The van der Waals surface area contributed by atoms with Gasteiger partial charge in [-0.1, -0.05) is 13.8 Å². The number of hydrogen-bond acceptors (Lipinski definition) is 4. The van der Waals surface area contributed by atoms with E-state index in [1.54, 1.807) is 19.3 Å². The summed E-state index contributed by atoms with van der Waals surface area (Å²) in [5, 5.41) is 3.21. The van der Waals surface area contributed by atoms with Crippen LogP contribution in [-0.4, -0.2) is 57.5 Å². The number of likely N-dealkylation sites (tertiary alicyclic amines) is 1. The monoisotopic (exact) mass is 339 g/mol. The van der Waals surface area contributed by atoms with Crippen molar-refractivity contribution in [3.05, 3.63) is 24.5 Å². The number of pyridine rings is 1. The Hall–Kier alpha value is -1.67. The second-order valence-corrected chi connectivity index (χ2v) is 8.16. The molecule has 0 bridgehead atoms. The number of guanidine groups is 1. The highest BCUT2D eigenvalue weighted by molar-refractivity contribution is 7.89. The van der Waals surface area contributed by atoms with Gasteiger partial charge in [-0.3, -0.25) is 9.98 Å². The van der Waals surface area contributed by atoms with Crippen molar-refractivity contribution in [2.75, 3.05) is 33.2 Å². The molecule has 1 aromatic rings. The van der Waals surface area contributed by atoms with Gasteiger partial charge in [-0.15, -0.1) is 0 Å². The molecule has 0 atom stereocenters. The first-order valence-electron chi connectivity index (χ1n) is 7.69. The minimum atomic E-state index is -3.51. The summed E-state index contributed by atoms with van der Waals surface area (Å²) in [6.07, 6.45) is 4.00. The van der Waals surface area contributed by atoms with Crippen molar-refractivity contribution in [2.45, 2.75) is 25.2 Å². The molecule has 23 heavy (non-hydrogen) atoms. The molecule has 2 rings (SSSR count). The van der Waals surface area contributed by atoms with Crippen LogP contribution in [0.2, 0.25) is 0 Å². The van der Waals surface area contributed by atoms with Gasteiger partial charge >= 0.3 is 0 Å². The van der Waals surface area contributed by atoms with Gasteiger partial charge in [0.15, 0.2) is 5.96 Å². The predicted octanol–water partition coefficient (Wildman–Crippen LogP) is 0.667. The Labute approximate surface area is 138 Å². The fraction of sp³-hybridized carbons (Fsp3) is 0.600. The van der Waals surface area contributed by atoms with Gasteiger partial charge in [0.25, 0.3) is 0 Å². The Bertz CT molecular complexity index is 643. The minimum absolute atomic E-state index is 0.172. The molecule has 0 saturated carbocycles. The van der Waals surface area contributed by atoms with E-state index >= 15 is 0 Å². The third-order valence-corrected chi connectivity index (χ3v) is 5.28. The summed E-state index contributed by atoms with van der Waals surface area (Å²) in [6, 6.07) is 3.12. The fourth-order valence-electron chi connectivity index (χ4n) is 2.57. The van der Waals surface area contributed by atoms with E-state index in [0.29, 0.717) is 12.0 Å². The highest BCUT2D eigenvalue weighted by atomic mass is 32.2. The van der Waals surface area contributed by atoms with E-state index in [4.69, 9.17) is 0 Å². The van der Waals surface area contributed by atoms with Crippen LogP contribution >= 0.6 is 0 Å². The summed E-state index contributed by atoms with van der Waals surface area (Å²) >= 11 is 0. The first-order chi connectivity index (χ1) is 10.8. The summed E-state index contributed by atoms with van der Waals surface area (Å²) < 4.78 is 26.7. The molecule has 0 amide bonds. The maximum Gasteiger partial charge on any atom is 0.242 e. The lowest BCUT2D eigenvalue weighted by Crippen LogP contribution is -2.43. The molecule has 0 unspecified atom stereocenters. The van der Waals surface area contributed by atoms with Crippen LogP contribution in [0.15, 0.2) is 34.4 Å². The number of aliphatic imine (C=N–C) groups is 1. The number of rotatable bonds is 5. The van der Waals surface area contributed by atoms with Crippen LogP contribution in [0.25, 0.3) is 0 Å². The molecule has 0 spiro atoms. The van der Waals surface area contributed by atoms with Crippen LogP contribution in [0.1, 0.15) is 20.3 Å². The van der Waals surface area contributed by atoms with Gasteiger partial charge in [0.2, 0.25) is 10.0 Å². The molecule has 1 fully saturated rings. The van der Waals surface area contributed by atoms with Crippen LogP contribution in [0.3, 0.4) is 0 Å². The zero-order valence-corrected chi connectivity index (χ0v) is 14.7. The number of nitrogens with zero attached hydrogens (tertiary/aromatic N) is 3. The van der Waals surface area contributed by atoms with Crippen LogP contribution in [0.4, 0.5) is 0 Å². The molecule has 1 aromatic heterocycles. The lowest BCUT2D eigenvalue weighted by atomic mass is 9.93. The van der Waals surface area contributed by atoms with E-state index in [9.17, 15) is 8.42 Å². The third kappa shape index (κ3) is 4.90. The molecule has 1 saturated heterocycles. The third-order valence-electron chi connectivity index (χ3n) is 3.83. The largest absolute Gasteiger partial charge is 0.355 e. The van der Waals surface area contributed by atoms with E-state index in [1.165, 1.54) is 12.3 Å². The van der Waals surface area contributed by atoms with Gasteiger partial charge in [0, 0.05) is 45.6 Å². The molecule has 2 heterocycles. The molecule has 2 N–H and O–H groups in total. The van der Waals surface area contributed by atoms with Gasteiger partial charge in [0.1, 0.15) is 4.90 Å². The summed E-state index contributed by atoms with van der Waals surface area (Å²) in [5.41, 5.74) is 0.291. The molecular formula is C15H25N5O2S. The van der Waals surface area contributed by atoms with E-state index in [1.807, 2.05) is 0 Å². The first kappa shape index (κ1) is 17.7. The second kappa shape index (κ2) is 7.27. The maximum absolute atomic E-state index is 12.1. The van der Waals surface area contributed by atoms with Crippen molar-refractivity contribution in [3.63, 3.8) is 0 Å². The van der Waals surface area contributed by atoms with Crippen molar-refractivity contribution in [3.8, 4) is 0 Å². The molecule has 1 aliphatic rings. The highest BCUT2D eigenvalue weighted by Gasteiger charge is 2.30. The number of sulfonamides is 1. The Morgan fingerprint density at radius 3 is 2.78 bits per heavy atom. The average molecular weight is 339 g/mol. The maximum atomic E-state index is 12.1. The molecule has 128 valence electrons. The Morgan fingerprint density at radius 1 is 1.43 bits per heavy atom. The van der Waals surface area contributed by atoms with Gasteiger partial charge in [-0.05, 0) is 24.0 Å². The molecule has 8 heteroatoms. The number of hydrogen-bond donors (Lipinski definition) is 2. The SMILES string of the molecule is CN=C(NCCNS(=O)(=O)c1cccnc1)N1CCC(C)(C)C1. The van der Waals surface area contributed by atoms with Gasteiger partial charge in [-0.2, -0.15) is 0 Å². The predicted molar refractivity (Wildman–Crippen MR) is 90.8 cm³/mol. The zero-order chi connectivity index (χ0) is 16.9. The highest BCUT2D eigenvalue weighted by Crippen LogP contribution is 2.28. The van der Waals surface area contributed by atoms with Gasteiger partial charge in [-0.25, -0.2) is 13.1 Å². The summed E-state index contributed by atoms with van der Waals surface area (Å²) in [5.74, 6) is 0.816. The quantitative estimate of drug-likeness (QED) is 0.468. The van der Waals surface area contributed by atoms with E-state index in [2.05, 4.69) is 38.8 Å². The Morgan fingerprint density at radius 2 is 2.22 bits per heavy atom. The van der Waals surface area contributed by atoms with E-state index in [-0.39, 0.29) is 11.4 Å². The average Bonchev–Trinajstić information content (AvgIpc) is 2.88. The Balaban J connectivity index is 1.81. The van der Waals surface area contributed by atoms with Crippen LogP contribution < -0.4 is 10.0 Å². The number of aromatic nitrogens is 1. The van der Waals surface area contributed by atoms with Crippen molar-refractivity contribution < 1.29 is 8.42 Å². The van der Waals surface area contributed by atoms with Crippen molar-refractivity contribution in [2.24, 2.45) is 10.4 Å². The normalized spacial score (nSPS) is 18.2. The second-order valence-electron chi connectivity index (χ2n) is 6.40. The summed E-state index contributed by atoms with van der Waals surface area (Å²) in [6.45, 7) is 7.16. The summed E-state index contributed by atoms with van der Waals surface area (Å²) in [4.78, 5) is 10.5. The zero-order valence-electron chi connectivity index (χ0n) is 13.9. The van der Waals surface area contributed by atoms with Gasteiger partial charge < -0.3 is 10.2 Å².